The van der Waals surface area contributed by atoms with Crippen LogP contribution in [0, 0.1) is 11.8 Å². The smallest absolute Gasteiger partial charge is 0.258 e. The van der Waals surface area contributed by atoms with E-state index in [9.17, 15) is 14.4 Å². The van der Waals surface area contributed by atoms with E-state index in [2.05, 4.69) is 10.6 Å². The van der Waals surface area contributed by atoms with E-state index in [1.165, 1.54) is 0 Å². The molecule has 0 radical (unpaired) electrons. The number of likely N-dealkylation sites (tertiary alicyclic amines) is 1. The van der Waals surface area contributed by atoms with E-state index < -0.39 is 0 Å². The summed E-state index contributed by atoms with van der Waals surface area (Å²) in [5, 5.41) is 5.84. The summed E-state index contributed by atoms with van der Waals surface area (Å²) in [6, 6.07) is 7.15. The number of piperidine rings is 1. The van der Waals surface area contributed by atoms with Crippen LogP contribution in [0.15, 0.2) is 24.3 Å². The third kappa shape index (κ3) is 5.71. The van der Waals surface area contributed by atoms with E-state index >= 15 is 0 Å². The number of benzene rings is 1. The summed E-state index contributed by atoms with van der Waals surface area (Å²) in [4.78, 5) is 37.9. The van der Waals surface area contributed by atoms with E-state index in [0.29, 0.717) is 24.5 Å². The van der Waals surface area contributed by atoms with Crippen LogP contribution in [0.4, 0.5) is 5.69 Å². The van der Waals surface area contributed by atoms with Gasteiger partial charge >= 0.3 is 0 Å². The quantitative estimate of drug-likeness (QED) is 0.751. The fourth-order valence-corrected chi connectivity index (χ4v) is 3.28. The lowest BCUT2D eigenvalue weighted by molar-refractivity contribution is -0.135. The Hall–Kier alpha value is -2.57. The lowest BCUT2D eigenvalue weighted by Gasteiger charge is -2.33. The molecule has 1 aliphatic carbocycles. The number of hydrogen-bond acceptors (Lipinski definition) is 4. The molecule has 2 aliphatic rings. The molecule has 7 nitrogen and oxygen atoms in total. The maximum absolute atomic E-state index is 12.2. The molecule has 3 rings (SSSR count). The first-order valence-corrected chi connectivity index (χ1v) is 10.0. The van der Waals surface area contributed by atoms with Crippen LogP contribution in [0.2, 0.25) is 0 Å². The summed E-state index contributed by atoms with van der Waals surface area (Å²) >= 11 is 0. The molecule has 0 unspecified atom stereocenters. The maximum Gasteiger partial charge on any atom is 0.258 e. The third-order valence-electron chi connectivity index (χ3n) is 5.09. The zero-order valence-electron chi connectivity index (χ0n) is 16.6. The molecule has 0 atom stereocenters. The number of rotatable bonds is 7. The Kier molecular flexibility index (Phi) is 6.54. The number of carbonyl (C=O) groups excluding carboxylic acids is 3. The van der Waals surface area contributed by atoms with Crippen LogP contribution >= 0.6 is 0 Å². The van der Waals surface area contributed by atoms with Gasteiger partial charge in [-0.05, 0) is 37.8 Å². The molecule has 1 saturated carbocycles. The van der Waals surface area contributed by atoms with Gasteiger partial charge in [-0.25, -0.2) is 0 Å². The van der Waals surface area contributed by atoms with E-state index in [1.807, 2.05) is 18.7 Å². The van der Waals surface area contributed by atoms with E-state index in [-0.39, 0.29) is 42.2 Å². The number of hydrogen-bond donors (Lipinski definition) is 2. The van der Waals surface area contributed by atoms with Crippen molar-refractivity contribution in [3.8, 4) is 5.75 Å². The molecular formula is C21H29N3O4. The number of amides is 3. The molecule has 1 aliphatic heterocycles. The fourth-order valence-electron chi connectivity index (χ4n) is 3.28. The van der Waals surface area contributed by atoms with Gasteiger partial charge in [0.05, 0.1) is 0 Å². The molecule has 7 heteroatoms. The third-order valence-corrected chi connectivity index (χ3v) is 5.09. The van der Waals surface area contributed by atoms with Crippen molar-refractivity contribution in [3.63, 3.8) is 0 Å². The van der Waals surface area contributed by atoms with Crippen molar-refractivity contribution >= 4 is 23.4 Å². The van der Waals surface area contributed by atoms with Crippen molar-refractivity contribution in [1.82, 2.24) is 10.2 Å². The monoisotopic (exact) mass is 387 g/mol. The zero-order valence-corrected chi connectivity index (χ0v) is 16.6. The van der Waals surface area contributed by atoms with Gasteiger partial charge in [-0.3, -0.25) is 14.4 Å². The van der Waals surface area contributed by atoms with Crippen LogP contribution < -0.4 is 15.4 Å². The van der Waals surface area contributed by atoms with Gasteiger partial charge in [0.25, 0.3) is 5.91 Å². The minimum absolute atomic E-state index is 0.00404. The summed E-state index contributed by atoms with van der Waals surface area (Å²) in [5.74, 6) is 0.711. The number of ether oxygens (including phenoxy) is 1. The summed E-state index contributed by atoms with van der Waals surface area (Å²) in [5.41, 5.74) is 0.678. The number of anilines is 1. The highest BCUT2D eigenvalue weighted by molar-refractivity contribution is 5.94. The summed E-state index contributed by atoms with van der Waals surface area (Å²) < 4.78 is 5.57. The lowest BCUT2D eigenvalue weighted by atomic mass is 10.0. The molecule has 1 heterocycles. The molecule has 2 fully saturated rings. The highest BCUT2D eigenvalue weighted by Gasteiger charge is 2.29. The van der Waals surface area contributed by atoms with Crippen LogP contribution in [-0.4, -0.2) is 48.4 Å². The van der Waals surface area contributed by atoms with E-state index in [0.717, 1.165) is 25.7 Å². The predicted octanol–water partition coefficient (Wildman–Crippen LogP) is 2.18. The van der Waals surface area contributed by atoms with Crippen LogP contribution in [0.3, 0.4) is 0 Å². The standard InChI is InChI=1S/C21H29N3O4/c1-14(2)21(27)24-10-8-16(9-11-24)22-19(25)13-28-18-5-3-4-17(12-18)23-20(26)15-6-7-15/h3-5,12,14-16H,6-11,13H2,1-2H3,(H,22,25)(H,23,26). The van der Waals surface area contributed by atoms with Gasteiger partial charge in [-0.15, -0.1) is 0 Å². The molecular weight excluding hydrogens is 358 g/mol. The van der Waals surface area contributed by atoms with E-state index in [4.69, 9.17) is 4.74 Å². The van der Waals surface area contributed by atoms with Crippen LogP contribution in [0.25, 0.3) is 0 Å². The Morgan fingerprint density at radius 2 is 1.86 bits per heavy atom. The largest absolute Gasteiger partial charge is 0.484 e. The number of carbonyl (C=O) groups is 3. The number of nitrogens with zero attached hydrogens (tertiary/aromatic N) is 1. The van der Waals surface area contributed by atoms with Crippen molar-refractivity contribution in [2.45, 2.75) is 45.6 Å². The van der Waals surface area contributed by atoms with Gasteiger partial charge in [0, 0.05) is 42.7 Å². The Bertz CT molecular complexity index is 722. The highest BCUT2D eigenvalue weighted by atomic mass is 16.5. The second-order valence-electron chi connectivity index (χ2n) is 7.90. The molecule has 0 aromatic heterocycles. The van der Waals surface area contributed by atoms with Crippen molar-refractivity contribution in [3.05, 3.63) is 24.3 Å². The SMILES string of the molecule is CC(C)C(=O)N1CCC(NC(=O)COc2cccc(NC(=O)C3CC3)c2)CC1. The molecule has 1 aromatic rings. The minimum Gasteiger partial charge on any atom is -0.484 e. The van der Waals surface area contributed by atoms with Crippen LogP contribution in [0.1, 0.15) is 39.5 Å². The Morgan fingerprint density at radius 1 is 1.14 bits per heavy atom. The van der Waals surface area contributed by atoms with Crippen LogP contribution in [-0.2, 0) is 14.4 Å². The molecule has 28 heavy (non-hydrogen) atoms. The predicted molar refractivity (Wildman–Crippen MR) is 106 cm³/mol. The Morgan fingerprint density at radius 3 is 2.50 bits per heavy atom. The molecule has 0 bridgehead atoms. The normalized spacial score (nSPS) is 17.3. The first-order chi connectivity index (χ1) is 13.4. The summed E-state index contributed by atoms with van der Waals surface area (Å²) in [6.07, 6.45) is 3.42. The van der Waals surface area contributed by atoms with Gasteiger partial charge in [0.1, 0.15) is 5.75 Å². The van der Waals surface area contributed by atoms with Crippen molar-refractivity contribution in [1.29, 1.82) is 0 Å². The molecule has 1 aromatic carbocycles. The Labute approximate surface area is 165 Å². The average Bonchev–Trinajstić information content (AvgIpc) is 3.52. The topological polar surface area (TPSA) is 87.7 Å². The maximum atomic E-state index is 12.2. The first-order valence-electron chi connectivity index (χ1n) is 10.0. The molecule has 1 saturated heterocycles. The second-order valence-corrected chi connectivity index (χ2v) is 7.90. The van der Waals surface area contributed by atoms with Gasteiger partial charge < -0.3 is 20.3 Å². The zero-order chi connectivity index (χ0) is 20.1. The van der Waals surface area contributed by atoms with Gasteiger partial charge in [0.15, 0.2) is 6.61 Å². The van der Waals surface area contributed by atoms with Crippen LogP contribution in [0.5, 0.6) is 5.75 Å². The Balaban J connectivity index is 1.40. The minimum atomic E-state index is -0.180. The van der Waals surface area contributed by atoms with Crippen molar-refractivity contribution in [2.75, 3.05) is 25.0 Å². The second kappa shape index (κ2) is 9.08. The molecule has 2 N–H and O–H groups in total. The average molecular weight is 387 g/mol. The van der Waals surface area contributed by atoms with Crippen molar-refractivity contribution in [2.24, 2.45) is 11.8 Å². The van der Waals surface area contributed by atoms with Gasteiger partial charge in [0.2, 0.25) is 11.8 Å². The fraction of sp³-hybridized carbons (Fsp3) is 0.571. The van der Waals surface area contributed by atoms with Crippen molar-refractivity contribution < 1.29 is 19.1 Å². The van der Waals surface area contributed by atoms with Gasteiger partial charge in [-0.2, -0.15) is 0 Å². The lowest BCUT2D eigenvalue weighted by Crippen LogP contribution is -2.48. The van der Waals surface area contributed by atoms with E-state index in [1.54, 1.807) is 24.3 Å². The number of nitrogens with one attached hydrogen (secondary N) is 2. The molecule has 0 spiro atoms. The first kappa shape index (κ1) is 20.2. The molecule has 152 valence electrons. The van der Waals surface area contributed by atoms with Gasteiger partial charge in [-0.1, -0.05) is 19.9 Å². The molecule has 3 amide bonds. The summed E-state index contributed by atoms with van der Waals surface area (Å²) in [6.45, 7) is 5.07. The summed E-state index contributed by atoms with van der Waals surface area (Å²) in [7, 11) is 0. The highest BCUT2D eigenvalue weighted by Crippen LogP contribution is 2.30.